The first-order valence-corrected chi connectivity index (χ1v) is 8.32. The molecule has 104 valence electrons. The van der Waals surface area contributed by atoms with Gasteiger partial charge < -0.3 is 10.6 Å². The summed E-state index contributed by atoms with van der Waals surface area (Å²) < 4.78 is 0. The molecular formula is C16H30N2. The van der Waals surface area contributed by atoms with E-state index in [-0.39, 0.29) is 0 Å². The largest absolute Gasteiger partial charge is 0.314 e. The highest BCUT2D eigenvalue weighted by Crippen LogP contribution is 2.33. The summed E-state index contributed by atoms with van der Waals surface area (Å²) >= 11 is 0. The summed E-state index contributed by atoms with van der Waals surface area (Å²) in [4.78, 5) is 0. The molecule has 0 spiro atoms. The van der Waals surface area contributed by atoms with Crippen LogP contribution in [-0.2, 0) is 0 Å². The van der Waals surface area contributed by atoms with E-state index in [1.165, 1.54) is 64.3 Å². The molecule has 2 nitrogen and oxygen atoms in total. The number of hydrogen-bond donors (Lipinski definition) is 2. The van der Waals surface area contributed by atoms with Crippen molar-refractivity contribution in [1.29, 1.82) is 0 Å². The summed E-state index contributed by atoms with van der Waals surface area (Å²) in [7, 11) is 0. The van der Waals surface area contributed by atoms with Crippen LogP contribution in [0.2, 0.25) is 0 Å². The highest BCUT2D eigenvalue weighted by atomic mass is 15.0. The molecule has 18 heavy (non-hydrogen) atoms. The Morgan fingerprint density at radius 3 is 2.61 bits per heavy atom. The number of rotatable bonds is 3. The molecule has 3 fully saturated rings. The first-order valence-electron chi connectivity index (χ1n) is 8.32. The van der Waals surface area contributed by atoms with Gasteiger partial charge in [-0.15, -0.1) is 0 Å². The summed E-state index contributed by atoms with van der Waals surface area (Å²) in [5.74, 6) is 1.87. The van der Waals surface area contributed by atoms with Crippen LogP contribution < -0.4 is 10.6 Å². The summed E-state index contributed by atoms with van der Waals surface area (Å²) in [5, 5.41) is 7.77. The Morgan fingerprint density at radius 1 is 0.944 bits per heavy atom. The number of hydrogen-bond acceptors (Lipinski definition) is 2. The fraction of sp³-hybridized carbons (Fsp3) is 1.00. The molecule has 2 aliphatic carbocycles. The van der Waals surface area contributed by atoms with Crippen molar-refractivity contribution in [2.45, 2.75) is 82.8 Å². The topological polar surface area (TPSA) is 24.1 Å². The van der Waals surface area contributed by atoms with Crippen LogP contribution >= 0.6 is 0 Å². The van der Waals surface area contributed by atoms with Crippen molar-refractivity contribution in [1.82, 2.24) is 10.6 Å². The maximum absolute atomic E-state index is 4.04. The van der Waals surface area contributed by atoms with E-state index in [4.69, 9.17) is 0 Å². The average molecular weight is 250 g/mol. The second-order valence-electron chi connectivity index (χ2n) is 7.04. The molecular weight excluding hydrogens is 220 g/mol. The highest BCUT2D eigenvalue weighted by Gasteiger charge is 2.36. The maximum Gasteiger partial charge on any atom is 0.0113 e. The molecule has 3 rings (SSSR count). The van der Waals surface area contributed by atoms with Crippen LogP contribution in [0, 0.1) is 11.8 Å². The van der Waals surface area contributed by atoms with Gasteiger partial charge in [-0.25, -0.2) is 0 Å². The third kappa shape index (κ3) is 2.91. The van der Waals surface area contributed by atoms with Crippen LogP contribution in [0.15, 0.2) is 0 Å². The lowest BCUT2D eigenvalue weighted by molar-refractivity contribution is 0.241. The van der Waals surface area contributed by atoms with E-state index in [1.807, 2.05) is 0 Å². The second kappa shape index (κ2) is 5.92. The minimum Gasteiger partial charge on any atom is -0.314 e. The summed E-state index contributed by atoms with van der Waals surface area (Å²) in [5.41, 5.74) is 0. The lowest BCUT2D eigenvalue weighted by Gasteiger charge is -2.34. The molecule has 3 aliphatic rings. The quantitative estimate of drug-likeness (QED) is 0.804. The molecule has 5 atom stereocenters. The van der Waals surface area contributed by atoms with Crippen LogP contribution in [0.4, 0.5) is 0 Å². The van der Waals surface area contributed by atoms with Gasteiger partial charge in [-0.2, -0.15) is 0 Å². The summed E-state index contributed by atoms with van der Waals surface area (Å²) in [6.45, 7) is 3.69. The fourth-order valence-corrected chi connectivity index (χ4v) is 4.64. The van der Waals surface area contributed by atoms with E-state index in [2.05, 4.69) is 17.6 Å². The smallest absolute Gasteiger partial charge is 0.0113 e. The van der Waals surface area contributed by atoms with Crippen molar-refractivity contribution < 1.29 is 0 Å². The van der Waals surface area contributed by atoms with E-state index >= 15 is 0 Å². The Labute approximate surface area is 112 Å². The van der Waals surface area contributed by atoms with Crippen LogP contribution in [-0.4, -0.2) is 24.7 Å². The zero-order valence-electron chi connectivity index (χ0n) is 12.0. The lowest BCUT2D eigenvalue weighted by atomic mass is 9.85. The van der Waals surface area contributed by atoms with Crippen molar-refractivity contribution in [2.24, 2.45) is 11.8 Å². The second-order valence-corrected chi connectivity index (χ2v) is 7.04. The molecule has 1 aliphatic heterocycles. The predicted molar refractivity (Wildman–Crippen MR) is 76.7 cm³/mol. The molecule has 0 aromatic heterocycles. The maximum atomic E-state index is 4.04. The first kappa shape index (κ1) is 12.9. The first-order chi connectivity index (χ1) is 8.83. The van der Waals surface area contributed by atoms with Gasteiger partial charge in [0.05, 0.1) is 0 Å². The molecule has 2 saturated carbocycles. The van der Waals surface area contributed by atoms with Crippen LogP contribution in [0.5, 0.6) is 0 Å². The van der Waals surface area contributed by atoms with E-state index in [0.717, 1.165) is 30.0 Å². The highest BCUT2D eigenvalue weighted by molar-refractivity contribution is 4.94. The van der Waals surface area contributed by atoms with E-state index in [1.54, 1.807) is 0 Å². The number of nitrogens with one attached hydrogen (secondary N) is 2. The zero-order valence-corrected chi connectivity index (χ0v) is 12.0. The molecule has 2 N–H and O–H groups in total. The average Bonchev–Trinajstić information content (AvgIpc) is 2.98. The Hall–Kier alpha value is -0.0800. The van der Waals surface area contributed by atoms with Gasteiger partial charge in [0.2, 0.25) is 0 Å². The van der Waals surface area contributed by atoms with Gasteiger partial charge >= 0.3 is 0 Å². The lowest BCUT2D eigenvalue weighted by Crippen LogP contribution is -2.47. The van der Waals surface area contributed by atoms with Gasteiger partial charge in [0, 0.05) is 18.1 Å². The zero-order chi connectivity index (χ0) is 12.4. The minimum atomic E-state index is 0.816. The van der Waals surface area contributed by atoms with Crippen molar-refractivity contribution in [3.8, 4) is 0 Å². The molecule has 2 heteroatoms. The molecule has 0 bridgehead atoms. The van der Waals surface area contributed by atoms with Gasteiger partial charge in [-0.1, -0.05) is 26.2 Å². The van der Waals surface area contributed by atoms with Gasteiger partial charge in [-0.05, 0) is 56.9 Å². The Morgan fingerprint density at radius 2 is 1.83 bits per heavy atom. The van der Waals surface area contributed by atoms with Crippen LogP contribution in [0.3, 0.4) is 0 Å². The van der Waals surface area contributed by atoms with Gasteiger partial charge in [-0.3, -0.25) is 0 Å². The van der Waals surface area contributed by atoms with Gasteiger partial charge in [0.15, 0.2) is 0 Å². The standard InChI is InChI=1S/C16H30N2/c1-12-5-2-6-13(11-12)18-16-8-3-7-14(16)15-9-4-10-17-15/h12-18H,2-11H2,1H3. The molecule has 0 aromatic carbocycles. The Balaban J connectivity index is 1.54. The SMILES string of the molecule is CC1CCCC(NC2CCCC2C2CCCN2)C1. The molecule has 5 unspecified atom stereocenters. The van der Waals surface area contributed by atoms with Gasteiger partial charge in [0.1, 0.15) is 0 Å². The van der Waals surface area contributed by atoms with E-state index in [9.17, 15) is 0 Å². The van der Waals surface area contributed by atoms with Crippen molar-refractivity contribution in [2.75, 3.05) is 6.54 Å². The van der Waals surface area contributed by atoms with Crippen molar-refractivity contribution in [3.63, 3.8) is 0 Å². The third-order valence-electron chi connectivity index (χ3n) is 5.57. The summed E-state index contributed by atoms with van der Waals surface area (Å²) in [6.07, 6.45) is 12.9. The molecule has 0 radical (unpaired) electrons. The minimum absolute atomic E-state index is 0.816. The van der Waals surface area contributed by atoms with Crippen LogP contribution in [0.1, 0.15) is 64.7 Å². The Kier molecular flexibility index (Phi) is 4.25. The van der Waals surface area contributed by atoms with E-state index < -0.39 is 0 Å². The summed E-state index contributed by atoms with van der Waals surface area (Å²) in [6, 6.07) is 2.46. The van der Waals surface area contributed by atoms with Crippen molar-refractivity contribution in [3.05, 3.63) is 0 Å². The van der Waals surface area contributed by atoms with Gasteiger partial charge in [0.25, 0.3) is 0 Å². The van der Waals surface area contributed by atoms with Crippen molar-refractivity contribution >= 4 is 0 Å². The normalized spacial score (nSPS) is 45.5. The fourth-order valence-electron chi connectivity index (χ4n) is 4.64. The molecule has 0 amide bonds. The Bertz CT molecular complexity index is 260. The predicted octanol–water partition coefficient (Wildman–Crippen LogP) is 3.08. The molecule has 1 heterocycles. The molecule has 0 aromatic rings. The monoisotopic (exact) mass is 250 g/mol. The van der Waals surface area contributed by atoms with Crippen LogP contribution in [0.25, 0.3) is 0 Å². The van der Waals surface area contributed by atoms with E-state index in [0.29, 0.717) is 0 Å². The molecule has 1 saturated heterocycles. The third-order valence-corrected chi connectivity index (χ3v) is 5.57.